The van der Waals surface area contributed by atoms with E-state index in [2.05, 4.69) is 0 Å². The average molecular weight is 264 g/mol. The van der Waals surface area contributed by atoms with E-state index < -0.39 is 5.97 Å². The van der Waals surface area contributed by atoms with E-state index in [-0.39, 0.29) is 5.56 Å². The first kappa shape index (κ1) is 13.7. The van der Waals surface area contributed by atoms with Gasteiger partial charge >= 0.3 is 5.97 Å². The molecule has 1 heterocycles. The Labute approximate surface area is 113 Å². The Balaban J connectivity index is 2.10. The maximum atomic E-state index is 11.0. The zero-order valence-electron chi connectivity index (χ0n) is 11.1. The van der Waals surface area contributed by atoms with Crippen LogP contribution in [-0.2, 0) is 4.74 Å². The third kappa shape index (κ3) is 3.38. The third-order valence-corrected chi connectivity index (χ3v) is 3.56. The molecule has 19 heavy (non-hydrogen) atoms. The Morgan fingerprint density at radius 1 is 1.47 bits per heavy atom. The molecule has 5 nitrogen and oxygen atoms in total. The summed E-state index contributed by atoms with van der Waals surface area (Å²) >= 11 is 0. The number of ether oxygens (including phenoxy) is 1. The van der Waals surface area contributed by atoms with Crippen molar-refractivity contribution in [2.75, 3.05) is 37.4 Å². The van der Waals surface area contributed by atoms with E-state index in [0.717, 1.165) is 38.3 Å². The summed E-state index contributed by atoms with van der Waals surface area (Å²) in [6.45, 7) is 2.49. The molecule has 0 amide bonds. The van der Waals surface area contributed by atoms with Gasteiger partial charge in [0.05, 0.1) is 16.9 Å². The number of nitrogens with zero attached hydrogens (tertiary/aromatic N) is 1. The van der Waals surface area contributed by atoms with Gasteiger partial charge in [-0.3, -0.25) is 0 Å². The van der Waals surface area contributed by atoms with E-state index in [0.29, 0.717) is 11.6 Å². The van der Waals surface area contributed by atoms with Gasteiger partial charge in [0, 0.05) is 26.8 Å². The quantitative estimate of drug-likeness (QED) is 0.811. The van der Waals surface area contributed by atoms with Crippen molar-refractivity contribution in [2.24, 2.45) is 5.92 Å². The van der Waals surface area contributed by atoms with Crippen molar-refractivity contribution in [2.45, 2.75) is 12.8 Å². The number of hydrogen-bond acceptors (Lipinski definition) is 4. The van der Waals surface area contributed by atoms with Crippen LogP contribution in [0.25, 0.3) is 0 Å². The normalized spacial score (nSPS) is 16.3. The molecule has 104 valence electrons. The first-order chi connectivity index (χ1) is 9.08. The molecule has 1 saturated heterocycles. The number of nitrogens with two attached hydrogens (primary N) is 1. The van der Waals surface area contributed by atoms with E-state index in [4.69, 9.17) is 15.6 Å². The fourth-order valence-electron chi connectivity index (χ4n) is 2.42. The molecule has 0 bridgehead atoms. The van der Waals surface area contributed by atoms with Gasteiger partial charge in [-0.25, -0.2) is 4.79 Å². The molecule has 0 radical (unpaired) electrons. The van der Waals surface area contributed by atoms with Gasteiger partial charge in [0.25, 0.3) is 0 Å². The molecule has 1 aliphatic heterocycles. The number of aromatic carboxylic acids is 1. The summed E-state index contributed by atoms with van der Waals surface area (Å²) < 4.78 is 5.34. The average Bonchev–Trinajstić information content (AvgIpc) is 2.40. The summed E-state index contributed by atoms with van der Waals surface area (Å²) in [6, 6.07) is 4.82. The van der Waals surface area contributed by atoms with Crippen molar-refractivity contribution in [3.63, 3.8) is 0 Å². The summed E-state index contributed by atoms with van der Waals surface area (Å²) in [5, 5.41) is 9.03. The van der Waals surface area contributed by atoms with E-state index in [1.165, 1.54) is 6.07 Å². The molecule has 0 aromatic heterocycles. The van der Waals surface area contributed by atoms with Crippen LogP contribution in [0.4, 0.5) is 11.4 Å². The van der Waals surface area contributed by atoms with Gasteiger partial charge in [-0.1, -0.05) is 0 Å². The Morgan fingerprint density at radius 2 is 2.16 bits per heavy atom. The summed E-state index contributed by atoms with van der Waals surface area (Å²) in [6.07, 6.45) is 2.09. The second-order valence-corrected chi connectivity index (χ2v) is 5.02. The molecule has 2 rings (SSSR count). The summed E-state index contributed by atoms with van der Waals surface area (Å²) in [5.41, 5.74) is 7.60. The predicted octanol–water partition coefficient (Wildman–Crippen LogP) is 1.83. The molecule has 1 aliphatic rings. The first-order valence-corrected chi connectivity index (χ1v) is 6.49. The predicted molar refractivity (Wildman–Crippen MR) is 74.6 cm³/mol. The monoisotopic (exact) mass is 264 g/mol. The highest BCUT2D eigenvalue weighted by atomic mass is 16.5. The van der Waals surface area contributed by atoms with Crippen molar-refractivity contribution < 1.29 is 14.6 Å². The highest BCUT2D eigenvalue weighted by Gasteiger charge is 2.17. The molecular weight excluding hydrogens is 244 g/mol. The van der Waals surface area contributed by atoms with Crippen molar-refractivity contribution in [1.29, 1.82) is 0 Å². The van der Waals surface area contributed by atoms with Gasteiger partial charge in [-0.2, -0.15) is 0 Å². The van der Waals surface area contributed by atoms with Crippen LogP contribution in [0.3, 0.4) is 0 Å². The van der Waals surface area contributed by atoms with E-state index in [1.807, 2.05) is 11.9 Å². The Morgan fingerprint density at radius 3 is 2.79 bits per heavy atom. The molecule has 0 unspecified atom stereocenters. The molecular formula is C14H20N2O3. The van der Waals surface area contributed by atoms with Crippen LogP contribution in [-0.4, -0.2) is 37.9 Å². The van der Waals surface area contributed by atoms with Gasteiger partial charge in [-0.15, -0.1) is 0 Å². The lowest BCUT2D eigenvalue weighted by atomic mass is 9.99. The van der Waals surface area contributed by atoms with Crippen molar-refractivity contribution in [3.8, 4) is 0 Å². The zero-order chi connectivity index (χ0) is 13.8. The maximum absolute atomic E-state index is 11.0. The molecule has 0 spiro atoms. The van der Waals surface area contributed by atoms with E-state index in [9.17, 15) is 4.79 Å². The van der Waals surface area contributed by atoms with Crippen LogP contribution in [0, 0.1) is 5.92 Å². The summed E-state index contributed by atoms with van der Waals surface area (Å²) in [4.78, 5) is 13.0. The number of rotatable bonds is 4. The van der Waals surface area contributed by atoms with Crippen LogP contribution in [0.2, 0.25) is 0 Å². The lowest BCUT2D eigenvalue weighted by molar-refractivity contribution is 0.0685. The van der Waals surface area contributed by atoms with Gasteiger partial charge in [0.15, 0.2) is 0 Å². The summed E-state index contributed by atoms with van der Waals surface area (Å²) in [7, 11) is 1.95. The van der Waals surface area contributed by atoms with Crippen molar-refractivity contribution in [3.05, 3.63) is 23.8 Å². The minimum absolute atomic E-state index is 0.267. The second kappa shape index (κ2) is 5.93. The molecule has 0 saturated carbocycles. The van der Waals surface area contributed by atoms with Crippen molar-refractivity contribution in [1.82, 2.24) is 0 Å². The molecule has 1 aromatic rings. The van der Waals surface area contributed by atoms with Crippen LogP contribution in [0.15, 0.2) is 18.2 Å². The second-order valence-electron chi connectivity index (χ2n) is 5.02. The number of anilines is 2. The SMILES string of the molecule is CN(CC1CCOCC1)c1cc(C(=O)O)ccc1N. The fraction of sp³-hybridized carbons (Fsp3) is 0.500. The third-order valence-electron chi connectivity index (χ3n) is 3.56. The van der Waals surface area contributed by atoms with Gasteiger partial charge in [-0.05, 0) is 37.0 Å². The largest absolute Gasteiger partial charge is 0.478 e. The molecule has 1 aromatic carbocycles. The highest BCUT2D eigenvalue weighted by molar-refractivity contribution is 5.90. The zero-order valence-corrected chi connectivity index (χ0v) is 11.1. The van der Waals surface area contributed by atoms with E-state index in [1.54, 1.807) is 12.1 Å². The van der Waals surface area contributed by atoms with Crippen LogP contribution in [0.1, 0.15) is 23.2 Å². The number of hydrogen-bond donors (Lipinski definition) is 2. The molecule has 3 N–H and O–H groups in total. The standard InChI is InChI=1S/C14H20N2O3/c1-16(9-10-4-6-19-7-5-10)13-8-11(14(17)18)2-3-12(13)15/h2-3,8,10H,4-7,9,15H2,1H3,(H,17,18). The maximum Gasteiger partial charge on any atom is 0.335 e. The molecule has 5 heteroatoms. The Bertz CT molecular complexity index is 456. The molecule has 1 fully saturated rings. The number of benzene rings is 1. The van der Waals surface area contributed by atoms with Crippen LogP contribution in [0.5, 0.6) is 0 Å². The van der Waals surface area contributed by atoms with E-state index >= 15 is 0 Å². The topological polar surface area (TPSA) is 75.8 Å². The lowest BCUT2D eigenvalue weighted by Gasteiger charge is -2.29. The fourth-order valence-corrected chi connectivity index (χ4v) is 2.42. The number of carbonyl (C=O) groups is 1. The smallest absolute Gasteiger partial charge is 0.335 e. The Hall–Kier alpha value is -1.75. The minimum Gasteiger partial charge on any atom is -0.478 e. The molecule has 0 atom stereocenters. The molecule has 0 aliphatic carbocycles. The first-order valence-electron chi connectivity index (χ1n) is 6.49. The minimum atomic E-state index is -0.930. The lowest BCUT2D eigenvalue weighted by Crippen LogP contribution is -2.30. The van der Waals surface area contributed by atoms with Gasteiger partial charge in [0.2, 0.25) is 0 Å². The number of carboxylic acids is 1. The number of carboxylic acid groups (broad SMARTS) is 1. The van der Waals surface area contributed by atoms with Crippen molar-refractivity contribution >= 4 is 17.3 Å². The van der Waals surface area contributed by atoms with Gasteiger partial charge < -0.3 is 20.5 Å². The summed E-state index contributed by atoms with van der Waals surface area (Å²) in [5.74, 6) is -0.354. The Kier molecular flexibility index (Phi) is 4.27. The van der Waals surface area contributed by atoms with Crippen LogP contribution < -0.4 is 10.6 Å². The highest BCUT2D eigenvalue weighted by Crippen LogP contribution is 2.26. The number of nitrogen functional groups attached to an aromatic ring is 1. The van der Waals surface area contributed by atoms with Crippen LogP contribution >= 0.6 is 0 Å². The van der Waals surface area contributed by atoms with Gasteiger partial charge in [0.1, 0.15) is 0 Å².